The molecule has 0 bridgehead atoms. The average molecular weight is 387 g/mol. The van der Waals surface area contributed by atoms with Gasteiger partial charge < -0.3 is 4.57 Å². The van der Waals surface area contributed by atoms with E-state index in [2.05, 4.69) is 34.3 Å². The van der Waals surface area contributed by atoms with Crippen molar-refractivity contribution in [1.29, 1.82) is 0 Å². The molecule has 0 unspecified atom stereocenters. The maximum atomic E-state index is 12.1. The predicted octanol–water partition coefficient (Wildman–Crippen LogP) is 3.63. The monoisotopic (exact) mass is 387 g/mol. The number of carbonyl (C=O) groups is 3. The van der Waals surface area contributed by atoms with Crippen LogP contribution in [0.25, 0.3) is 10.9 Å². The number of aldehydes is 1. The number of rotatable bonds is 3. The van der Waals surface area contributed by atoms with Crippen molar-refractivity contribution in [3.8, 4) is 0 Å². The molecule has 2 heterocycles. The first-order valence-corrected chi connectivity index (χ1v) is 9.91. The molecule has 5 rings (SSSR count). The Hall–Kier alpha value is -3.41. The van der Waals surface area contributed by atoms with E-state index in [-0.39, 0.29) is 11.9 Å². The van der Waals surface area contributed by atoms with Gasteiger partial charge in [-0.15, -0.1) is 0 Å². The van der Waals surface area contributed by atoms with Crippen molar-refractivity contribution < 1.29 is 14.4 Å². The number of amides is 3. The van der Waals surface area contributed by atoms with Crippen molar-refractivity contribution in [2.24, 2.45) is 0 Å². The molecule has 1 atom stereocenters. The van der Waals surface area contributed by atoms with Gasteiger partial charge in [0.15, 0.2) is 0 Å². The molecule has 1 fully saturated rings. The second kappa shape index (κ2) is 6.88. The molecule has 3 aromatic rings. The Morgan fingerprint density at radius 2 is 1.90 bits per heavy atom. The fourth-order valence-corrected chi connectivity index (χ4v) is 4.51. The normalized spacial score (nSPS) is 19.2. The number of hydrogen-bond donors (Lipinski definition) is 1. The number of anilines is 1. The van der Waals surface area contributed by atoms with E-state index in [9.17, 15) is 14.4 Å². The molecular weight excluding hydrogens is 366 g/mol. The smallest absolute Gasteiger partial charge is 0.328 e. The van der Waals surface area contributed by atoms with Crippen LogP contribution in [-0.2, 0) is 17.6 Å². The summed E-state index contributed by atoms with van der Waals surface area (Å²) in [5.74, 6) is -0.226. The molecule has 1 N–H and O–H groups in total. The summed E-state index contributed by atoms with van der Waals surface area (Å²) in [6.07, 6.45) is 6.26. The Kier molecular flexibility index (Phi) is 4.19. The van der Waals surface area contributed by atoms with Gasteiger partial charge in [0.25, 0.3) is 0 Å². The van der Waals surface area contributed by atoms with Crippen molar-refractivity contribution >= 4 is 34.8 Å². The fourth-order valence-electron chi connectivity index (χ4n) is 4.51. The van der Waals surface area contributed by atoms with Crippen LogP contribution in [0.1, 0.15) is 40.4 Å². The summed E-state index contributed by atoms with van der Waals surface area (Å²) in [4.78, 5) is 36.1. The van der Waals surface area contributed by atoms with Gasteiger partial charge in [0.2, 0.25) is 5.91 Å². The zero-order chi connectivity index (χ0) is 20.0. The Labute approximate surface area is 168 Å². The van der Waals surface area contributed by atoms with Crippen molar-refractivity contribution in [2.75, 3.05) is 11.4 Å². The van der Waals surface area contributed by atoms with Gasteiger partial charge in [-0.3, -0.25) is 19.8 Å². The van der Waals surface area contributed by atoms with Crippen LogP contribution in [0.5, 0.6) is 0 Å². The highest BCUT2D eigenvalue weighted by Crippen LogP contribution is 2.33. The Morgan fingerprint density at radius 1 is 1.00 bits per heavy atom. The van der Waals surface area contributed by atoms with Crippen LogP contribution in [0.2, 0.25) is 0 Å². The van der Waals surface area contributed by atoms with Crippen LogP contribution in [0.15, 0.2) is 48.7 Å². The SMILES string of the molecule is O=Cc1ccc2c(c1)CC[C@@H](n1ccc3cc(N4CCC(=O)NC4=O)ccc31)C2. The highest BCUT2D eigenvalue weighted by Gasteiger charge is 2.25. The lowest BCUT2D eigenvalue weighted by Gasteiger charge is -2.28. The van der Waals surface area contributed by atoms with Gasteiger partial charge in [-0.25, -0.2) is 4.79 Å². The van der Waals surface area contributed by atoms with E-state index in [0.717, 1.165) is 47.7 Å². The molecule has 146 valence electrons. The van der Waals surface area contributed by atoms with Crippen LogP contribution in [0, 0.1) is 0 Å². The lowest BCUT2D eigenvalue weighted by molar-refractivity contribution is -0.120. The molecule has 1 saturated heterocycles. The summed E-state index contributed by atoms with van der Waals surface area (Å²) >= 11 is 0. The third kappa shape index (κ3) is 3.10. The van der Waals surface area contributed by atoms with E-state index in [1.807, 2.05) is 24.3 Å². The van der Waals surface area contributed by atoms with Gasteiger partial charge >= 0.3 is 6.03 Å². The quantitative estimate of drug-likeness (QED) is 0.698. The van der Waals surface area contributed by atoms with E-state index in [1.165, 1.54) is 11.1 Å². The topological polar surface area (TPSA) is 71.4 Å². The zero-order valence-electron chi connectivity index (χ0n) is 15.9. The van der Waals surface area contributed by atoms with Gasteiger partial charge in [-0.2, -0.15) is 0 Å². The summed E-state index contributed by atoms with van der Waals surface area (Å²) in [6.45, 7) is 0.402. The number of fused-ring (bicyclic) bond motifs is 2. The first-order chi connectivity index (χ1) is 14.1. The highest BCUT2D eigenvalue weighted by molar-refractivity contribution is 6.06. The third-order valence-electron chi connectivity index (χ3n) is 6.03. The second-order valence-corrected chi connectivity index (χ2v) is 7.76. The molecule has 2 aromatic carbocycles. The zero-order valence-corrected chi connectivity index (χ0v) is 15.9. The number of nitrogens with one attached hydrogen (secondary N) is 1. The van der Waals surface area contributed by atoms with Gasteiger partial charge in [-0.05, 0) is 60.7 Å². The minimum atomic E-state index is -0.362. The van der Waals surface area contributed by atoms with Crippen LogP contribution >= 0.6 is 0 Å². The van der Waals surface area contributed by atoms with E-state index >= 15 is 0 Å². The molecule has 1 aromatic heterocycles. The summed E-state index contributed by atoms with van der Waals surface area (Å²) in [5.41, 5.74) is 5.26. The molecule has 29 heavy (non-hydrogen) atoms. The fraction of sp³-hybridized carbons (Fsp3) is 0.261. The number of benzene rings is 2. The summed E-state index contributed by atoms with van der Waals surface area (Å²) < 4.78 is 2.31. The first-order valence-electron chi connectivity index (χ1n) is 9.91. The molecule has 1 aliphatic carbocycles. The molecule has 6 heteroatoms. The van der Waals surface area contributed by atoms with E-state index in [1.54, 1.807) is 4.90 Å². The van der Waals surface area contributed by atoms with Crippen LogP contribution in [-0.4, -0.2) is 29.3 Å². The van der Waals surface area contributed by atoms with Gasteiger partial charge in [0, 0.05) is 47.4 Å². The number of aryl methyl sites for hydroxylation is 1. The maximum absolute atomic E-state index is 12.1. The summed E-state index contributed by atoms with van der Waals surface area (Å²) in [6, 6.07) is 14.1. The van der Waals surface area contributed by atoms with E-state index < -0.39 is 0 Å². The average Bonchev–Trinajstić information content (AvgIpc) is 3.16. The number of urea groups is 1. The number of nitrogens with zero attached hydrogens (tertiary/aromatic N) is 2. The molecule has 2 aliphatic rings. The lowest BCUT2D eigenvalue weighted by atomic mass is 9.87. The Morgan fingerprint density at radius 3 is 2.72 bits per heavy atom. The lowest BCUT2D eigenvalue weighted by Crippen LogP contribution is -2.49. The number of aromatic nitrogens is 1. The molecule has 3 amide bonds. The minimum Gasteiger partial charge on any atom is -0.344 e. The van der Waals surface area contributed by atoms with E-state index in [4.69, 9.17) is 0 Å². The van der Waals surface area contributed by atoms with Gasteiger partial charge in [0.1, 0.15) is 6.29 Å². The largest absolute Gasteiger partial charge is 0.344 e. The van der Waals surface area contributed by atoms with Crippen LogP contribution < -0.4 is 10.2 Å². The number of imide groups is 1. The molecule has 0 saturated carbocycles. The molecule has 0 radical (unpaired) electrons. The third-order valence-corrected chi connectivity index (χ3v) is 6.03. The number of hydrogen-bond acceptors (Lipinski definition) is 3. The van der Waals surface area contributed by atoms with Crippen molar-refractivity contribution in [3.63, 3.8) is 0 Å². The molecule has 0 spiro atoms. The minimum absolute atomic E-state index is 0.226. The summed E-state index contributed by atoms with van der Waals surface area (Å²) in [5, 5.41) is 3.45. The standard InChI is InChI=1S/C23H21N3O3/c27-14-15-1-2-17-12-19(4-3-16(17)11-15)25-9-7-18-13-20(5-6-21(18)25)26-10-8-22(28)24-23(26)29/h1-2,5-7,9,11,13-14,19H,3-4,8,10,12H2,(H,24,28,29)/t19-/m1/s1. The van der Waals surface area contributed by atoms with Crippen LogP contribution in [0.4, 0.5) is 10.5 Å². The van der Waals surface area contributed by atoms with Crippen molar-refractivity contribution in [3.05, 3.63) is 65.4 Å². The van der Waals surface area contributed by atoms with Crippen molar-refractivity contribution in [2.45, 2.75) is 31.7 Å². The molecule has 6 nitrogen and oxygen atoms in total. The van der Waals surface area contributed by atoms with E-state index in [0.29, 0.717) is 19.0 Å². The second-order valence-electron chi connectivity index (χ2n) is 7.76. The summed E-state index contributed by atoms with van der Waals surface area (Å²) in [7, 11) is 0. The Balaban J connectivity index is 1.42. The Bertz CT molecular complexity index is 1150. The number of carbonyl (C=O) groups excluding carboxylic acids is 3. The molecular formula is C23H21N3O3. The predicted molar refractivity (Wildman–Crippen MR) is 110 cm³/mol. The van der Waals surface area contributed by atoms with Gasteiger partial charge in [-0.1, -0.05) is 12.1 Å². The van der Waals surface area contributed by atoms with Crippen LogP contribution in [0.3, 0.4) is 0 Å². The van der Waals surface area contributed by atoms with Crippen molar-refractivity contribution in [1.82, 2.24) is 9.88 Å². The maximum Gasteiger partial charge on any atom is 0.328 e. The van der Waals surface area contributed by atoms with Gasteiger partial charge in [0.05, 0.1) is 0 Å². The highest BCUT2D eigenvalue weighted by atomic mass is 16.2. The first kappa shape index (κ1) is 17.7. The molecule has 1 aliphatic heterocycles.